The molecule has 3 rings (SSSR count). The van der Waals surface area contributed by atoms with Gasteiger partial charge in [0.2, 0.25) is 21.8 Å². The molecule has 0 aromatic heterocycles. The van der Waals surface area contributed by atoms with E-state index in [9.17, 15) is 31.2 Å². The first-order chi connectivity index (χ1) is 21.3. The van der Waals surface area contributed by atoms with Crippen LogP contribution in [0.5, 0.6) is 5.75 Å². The molecule has 45 heavy (non-hydrogen) atoms. The van der Waals surface area contributed by atoms with E-state index >= 15 is 0 Å². The summed E-state index contributed by atoms with van der Waals surface area (Å²) in [7, 11) is -2.45. The third kappa shape index (κ3) is 10.8. The number of hydrogen-bond acceptors (Lipinski definition) is 5. The smallest absolute Gasteiger partial charge is 0.416 e. The van der Waals surface area contributed by atoms with Gasteiger partial charge in [-0.1, -0.05) is 61.9 Å². The zero-order valence-electron chi connectivity index (χ0n) is 25.7. The van der Waals surface area contributed by atoms with Gasteiger partial charge in [-0.3, -0.25) is 13.9 Å². The van der Waals surface area contributed by atoms with E-state index in [1.54, 1.807) is 18.2 Å². The standard InChI is InChI=1S/C33H40F3N3O5S/c1-4-5-19-37-32(41)30(22-25-12-7-6-8-13-25)38(24-26-14-9-17-29(21-26)44-2)31(40)18-11-20-39(45(3,42)43)28-16-10-15-27(23-28)33(34,35)36/h6-10,12-17,21,23,30H,4-5,11,18-20,22,24H2,1-3H3,(H,37,41)/t30-/m1/s1. The van der Waals surface area contributed by atoms with Gasteiger partial charge in [0.05, 0.1) is 24.6 Å². The molecule has 0 saturated carbocycles. The van der Waals surface area contributed by atoms with Crippen molar-refractivity contribution in [3.63, 3.8) is 0 Å². The minimum Gasteiger partial charge on any atom is -0.497 e. The number of nitrogens with one attached hydrogen (secondary N) is 1. The number of sulfonamides is 1. The molecule has 0 spiro atoms. The topological polar surface area (TPSA) is 96.0 Å². The van der Waals surface area contributed by atoms with Crippen LogP contribution in [0.15, 0.2) is 78.9 Å². The molecule has 8 nitrogen and oxygen atoms in total. The van der Waals surface area contributed by atoms with Crippen molar-refractivity contribution in [1.29, 1.82) is 0 Å². The summed E-state index contributed by atoms with van der Waals surface area (Å²) in [5.41, 5.74) is 0.450. The lowest BCUT2D eigenvalue weighted by Crippen LogP contribution is -2.50. The fourth-order valence-electron chi connectivity index (χ4n) is 4.87. The van der Waals surface area contributed by atoms with Gasteiger partial charge in [0, 0.05) is 32.5 Å². The van der Waals surface area contributed by atoms with Crippen LogP contribution in [0.4, 0.5) is 18.9 Å². The molecular formula is C33H40F3N3O5S. The van der Waals surface area contributed by atoms with E-state index in [1.807, 2.05) is 43.3 Å². The van der Waals surface area contributed by atoms with Crippen molar-refractivity contribution < 1.29 is 35.9 Å². The van der Waals surface area contributed by atoms with Crippen LogP contribution in [0, 0.1) is 0 Å². The number of rotatable bonds is 16. The number of nitrogens with zero attached hydrogens (tertiary/aromatic N) is 2. The van der Waals surface area contributed by atoms with Gasteiger partial charge in [0.1, 0.15) is 11.8 Å². The highest BCUT2D eigenvalue weighted by Crippen LogP contribution is 2.32. The van der Waals surface area contributed by atoms with Crippen LogP contribution in [0.1, 0.15) is 49.3 Å². The number of hydrogen-bond donors (Lipinski definition) is 1. The van der Waals surface area contributed by atoms with Gasteiger partial charge < -0.3 is 15.0 Å². The number of unbranched alkanes of at least 4 members (excludes halogenated alkanes) is 1. The Morgan fingerprint density at radius 3 is 2.27 bits per heavy atom. The minimum atomic E-state index is -4.65. The molecule has 0 bridgehead atoms. The van der Waals surface area contributed by atoms with Gasteiger partial charge in [-0.15, -0.1) is 0 Å². The molecule has 0 saturated heterocycles. The van der Waals surface area contributed by atoms with E-state index in [-0.39, 0.29) is 43.9 Å². The van der Waals surface area contributed by atoms with E-state index < -0.39 is 33.7 Å². The van der Waals surface area contributed by atoms with Crippen LogP contribution in [0.25, 0.3) is 0 Å². The number of amides is 2. The van der Waals surface area contributed by atoms with Crippen molar-refractivity contribution in [2.75, 3.05) is 30.8 Å². The second kappa shape index (κ2) is 16.3. The summed E-state index contributed by atoms with van der Waals surface area (Å²) < 4.78 is 71.4. The number of anilines is 1. The highest BCUT2D eigenvalue weighted by Gasteiger charge is 2.32. The lowest BCUT2D eigenvalue weighted by Gasteiger charge is -2.32. The minimum absolute atomic E-state index is 0.00622. The molecule has 0 heterocycles. The molecule has 0 aliphatic rings. The molecule has 0 unspecified atom stereocenters. The Labute approximate surface area is 263 Å². The predicted molar refractivity (Wildman–Crippen MR) is 168 cm³/mol. The largest absolute Gasteiger partial charge is 0.497 e. The lowest BCUT2D eigenvalue weighted by atomic mass is 10.0. The lowest BCUT2D eigenvalue weighted by molar-refractivity contribution is -0.141. The first kappa shape index (κ1) is 35.4. The molecule has 0 aliphatic heterocycles. The van der Waals surface area contributed by atoms with Gasteiger partial charge in [-0.2, -0.15) is 13.2 Å². The molecule has 12 heteroatoms. The Kier molecular flexibility index (Phi) is 12.8. The summed E-state index contributed by atoms with van der Waals surface area (Å²) in [6.07, 6.45) is -2.01. The van der Waals surface area contributed by atoms with Crippen molar-refractivity contribution in [3.8, 4) is 5.75 Å². The van der Waals surface area contributed by atoms with E-state index in [0.29, 0.717) is 12.3 Å². The normalized spacial score (nSPS) is 12.3. The highest BCUT2D eigenvalue weighted by atomic mass is 32.2. The fraction of sp³-hybridized carbons (Fsp3) is 0.394. The Bertz CT molecular complexity index is 1520. The first-order valence-corrected chi connectivity index (χ1v) is 16.6. The van der Waals surface area contributed by atoms with Crippen LogP contribution in [-0.2, 0) is 38.8 Å². The molecule has 0 fully saturated rings. The quantitative estimate of drug-likeness (QED) is 0.198. The number of halogens is 3. The number of methoxy groups -OCH3 is 1. The average Bonchev–Trinajstić information content (AvgIpc) is 3.00. The summed E-state index contributed by atoms with van der Waals surface area (Å²) in [5.74, 6) is -0.135. The maximum absolute atomic E-state index is 13.9. The van der Waals surface area contributed by atoms with Crippen molar-refractivity contribution >= 4 is 27.5 Å². The molecule has 244 valence electrons. The Morgan fingerprint density at radius 1 is 0.933 bits per heavy atom. The van der Waals surface area contributed by atoms with Crippen LogP contribution in [0.2, 0.25) is 0 Å². The molecule has 3 aromatic carbocycles. The zero-order valence-corrected chi connectivity index (χ0v) is 26.5. The van der Waals surface area contributed by atoms with E-state index in [0.717, 1.165) is 52.7 Å². The monoisotopic (exact) mass is 647 g/mol. The Balaban J connectivity index is 1.90. The van der Waals surface area contributed by atoms with Crippen molar-refractivity contribution in [3.05, 3.63) is 95.6 Å². The summed E-state index contributed by atoms with van der Waals surface area (Å²) in [4.78, 5) is 29.0. The Hall–Kier alpha value is -4.06. The number of carbonyl (C=O) groups excluding carboxylic acids is 2. The van der Waals surface area contributed by atoms with Gasteiger partial charge in [-0.25, -0.2) is 8.42 Å². The third-order valence-electron chi connectivity index (χ3n) is 7.20. The second-order valence-electron chi connectivity index (χ2n) is 10.7. The van der Waals surface area contributed by atoms with Gasteiger partial charge >= 0.3 is 6.18 Å². The van der Waals surface area contributed by atoms with Crippen LogP contribution < -0.4 is 14.4 Å². The summed E-state index contributed by atoms with van der Waals surface area (Å²) in [5, 5.41) is 2.94. The van der Waals surface area contributed by atoms with E-state index in [4.69, 9.17) is 4.74 Å². The maximum atomic E-state index is 13.9. The average molecular weight is 648 g/mol. The molecule has 0 radical (unpaired) electrons. The summed E-state index contributed by atoms with van der Waals surface area (Å²) in [6.45, 7) is 2.30. The highest BCUT2D eigenvalue weighted by molar-refractivity contribution is 7.92. The predicted octanol–water partition coefficient (Wildman–Crippen LogP) is 5.82. The summed E-state index contributed by atoms with van der Waals surface area (Å²) >= 11 is 0. The molecule has 1 N–H and O–H groups in total. The Morgan fingerprint density at radius 2 is 1.62 bits per heavy atom. The molecular weight excluding hydrogens is 607 g/mol. The molecule has 1 atom stereocenters. The van der Waals surface area contributed by atoms with Gasteiger partial charge in [-0.05, 0) is 54.3 Å². The van der Waals surface area contributed by atoms with E-state index in [2.05, 4.69) is 5.32 Å². The molecule has 0 aliphatic carbocycles. The first-order valence-electron chi connectivity index (χ1n) is 14.7. The number of ether oxygens (including phenoxy) is 1. The number of benzene rings is 3. The van der Waals surface area contributed by atoms with Gasteiger partial charge in [0.25, 0.3) is 0 Å². The van der Waals surface area contributed by atoms with Crippen LogP contribution in [-0.4, -0.2) is 57.6 Å². The SMILES string of the molecule is CCCCNC(=O)[C@@H](Cc1ccccc1)N(Cc1cccc(OC)c1)C(=O)CCCN(c1cccc(C(F)(F)F)c1)S(C)(=O)=O. The number of alkyl halides is 3. The number of carbonyl (C=O) groups is 2. The van der Waals surface area contributed by atoms with Crippen LogP contribution in [0.3, 0.4) is 0 Å². The van der Waals surface area contributed by atoms with Crippen molar-refractivity contribution in [2.45, 2.75) is 57.8 Å². The van der Waals surface area contributed by atoms with Gasteiger partial charge in [0.15, 0.2) is 0 Å². The maximum Gasteiger partial charge on any atom is 0.416 e. The second-order valence-corrected chi connectivity index (χ2v) is 12.6. The zero-order chi connectivity index (χ0) is 33.0. The molecule has 3 aromatic rings. The third-order valence-corrected chi connectivity index (χ3v) is 8.40. The molecule has 2 amide bonds. The fourth-order valence-corrected chi connectivity index (χ4v) is 5.83. The summed E-state index contributed by atoms with van der Waals surface area (Å²) in [6, 6.07) is 19.6. The van der Waals surface area contributed by atoms with E-state index in [1.165, 1.54) is 18.1 Å². The van der Waals surface area contributed by atoms with Crippen molar-refractivity contribution in [2.24, 2.45) is 0 Å². The van der Waals surface area contributed by atoms with Crippen LogP contribution >= 0.6 is 0 Å². The van der Waals surface area contributed by atoms with Crippen molar-refractivity contribution in [1.82, 2.24) is 10.2 Å².